The third-order valence-corrected chi connectivity index (χ3v) is 3.99. The maximum atomic E-state index is 5.90. The van der Waals surface area contributed by atoms with Crippen LogP contribution in [0.2, 0.25) is 0 Å². The number of hydrogen-bond acceptors (Lipinski definition) is 3. The fraction of sp³-hybridized carbons (Fsp3) is 0.250. The summed E-state index contributed by atoms with van der Waals surface area (Å²) in [7, 11) is 0. The van der Waals surface area contributed by atoms with E-state index in [1.54, 1.807) is 0 Å². The second-order valence-electron chi connectivity index (χ2n) is 4.72. The summed E-state index contributed by atoms with van der Waals surface area (Å²) >= 11 is 3.55. The first-order chi connectivity index (χ1) is 9.83. The Bertz CT molecular complexity index is 588. The smallest absolute Gasteiger partial charge is 0.161 e. The minimum atomic E-state index is 0.0485. The van der Waals surface area contributed by atoms with Crippen molar-refractivity contribution in [2.24, 2.45) is 0 Å². The quantitative estimate of drug-likeness (QED) is 0.930. The number of hydrogen-bond donors (Lipinski definition) is 1. The summed E-state index contributed by atoms with van der Waals surface area (Å²) in [6.07, 6.45) is 0.0485. The van der Waals surface area contributed by atoms with Crippen LogP contribution < -0.4 is 14.8 Å². The van der Waals surface area contributed by atoms with Gasteiger partial charge in [-0.2, -0.15) is 0 Å². The third kappa shape index (κ3) is 3.14. The van der Waals surface area contributed by atoms with E-state index >= 15 is 0 Å². The molecule has 20 heavy (non-hydrogen) atoms. The molecule has 0 radical (unpaired) electrons. The van der Waals surface area contributed by atoms with E-state index in [0.29, 0.717) is 6.61 Å². The van der Waals surface area contributed by atoms with Gasteiger partial charge in [-0.25, -0.2) is 0 Å². The Balaban J connectivity index is 1.52. The molecule has 0 aliphatic carbocycles. The second-order valence-corrected chi connectivity index (χ2v) is 5.57. The molecule has 0 aromatic heterocycles. The summed E-state index contributed by atoms with van der Waals surface area (Å²) in [6, 6.07) is 16.0. The van der Waals surface area contributed by atoms with Gasteiger partial charge >= 0.3 is 0 Å². The molecule has 3 rings (SSSR count). The zero-order valence-electron chi connectivity index (χ0n) is 11.0. The number of fused-ring (bicyclic) bond motifs is 1. The molecule has 1 N–H and O–H groups in total. The molecule has 2 aromatic carbocycles. The summed E-state index contributed by atoms with van der Waals surface area (Å²) in [6.45, 7) is 2.15. The fourth-order valence-corrected chi connectivity index (χ4v) is 2.60. The number of benzene rings is 2. The van der Waals surface area contributed by atoms with Crippen molar-refractivity contribution in [1.82, 2.24) is 5.32 Å². The molecule has 1 heterocycles. The number of halogens is 1. The summed E-state index contributed by atoms with van der Waals surface area (Å²) in [4.78, 5) is 0. The minimum absolute atomic E-state index is 0.0485. The van der Waals surface area contributed by atoms with Gasteiger partial charge in [-0.1, -0.05) is 46.3 Å². The van der Waals surface area contributed by atoms with E-state index in [4.69, 9.17) is 9.47 Å². The molecule has 0 bridgehead atoms. The Labute approximate surface area is 127 Å². The number of nitrogens with one attached hydrogen (secondary N) is 1. The molecule has 0 amide bonds. The molecular formula is C16H16BrNO2. The maximum Gasteiger partial charge on any atom is 0.161 e. The molecule has 1 aliphatic rings. The van der Waals surface area contributed by atoms with Crippen LogP contribution in [0.1, 0.15) is 5.56 Å². The van der Waals surface area contributed by atoms with Gasteiger partial charge in [0.05, 0.1) is 0 Å². The standard InChI is InChI=1S/C16H16BrNO2/c17-14-6-2-1-5-12(14)9-18-10-13-11-19-15-7-3-4-8-16(15)20-13/h1-8,13,18H,9-11H2/t13-/m0/s1. The summed E-state index contributed by atoms with van der Waals surface area (Å²) in [5.74, 6) is 1.65. The Morgan fingerprint density at radius 2 is 1.80 bits per heavy atom. The summed E-state index contributed by atoms with van der Waals surface area (Å²) in [5.41, 5.74) is 1.24. The van der Waals surface area contributed by atoms with Gasteiger partial charge in [0.15, 0.2) is 11.5 Å². The van der Waals surface area contributed by atoms with Gasteiger partial charge in [0.2, 0.25) is 0 Å². The summed E-state index contributed by atoms with van der Waals surface area (Å²) < 4.78 is 12.7. The van der Waals surface area contributed by atoms with Gasteiger partial charge in [0, 0.05) is 17.6 Å². The first-order valence-corrected chi connectivity index (χ1v) is 7.45. The highest BCUT2D eigenvalue weighted by Crippen LogP contribution is 2.30. The van der Waals surface area contributed by atoms with Crippen LogP contribution in [0.5, 0.6) is 11.5 Å². The highest BCUT2D eigenvalue weighted by atomic mass is 79.9. The van der Waals surface area contributed by atoms with Crippen molar-refractivity contribution in [1.29, 1.82) is 0 Å². The number of rotatable bonds is 4. The van der Waals surface area contributed by atoms with Crippen LogP contribution in [0, 0.1) is 0 Å². The van der Waals surface area contributed by atoms with E-state index in [0.717, 1.165) is 29.1 Å². The maximum absolute atomic E-state index is 5.90. The Morgan fingerprint density at radius 3 is 2.65 bits per heavy atom. The van der Waals surface area contributed by atoms with Gasteiger partial charge in [-0.05, 0) is 23.8 Å². The van der Waals surface area contributed by atoms with Crippen LogP contribution in [0.4, 0.5) is 0 Å². The van der Waals surface area contributed by atoms with Crippen LogP contribution in [0.15, 0.2) is 53.0 Å². The highest BCUT2D eigenvalue weighted by molar-refractivity contribution is 9.10. The van der Waals surface area contributed by atoms with E-state index in [2.05, 4.69) is 27.3 Å². The van der Waals surface area contributed by atoms with E-state index < -0.39 is 0 Å². The van der Waals surface area contributed by atoms with Gasteiger partial charge in [-0.15, -0.1) is 0 Å². The van der Waals surface area contributed by atoms with Crippen molar-refractivity contribution in [3.63, 3.8) is 0 Å². The van der Waals surface area contributed by atoms with Crippen molar-refractivity contribution in [2.45, 2.75) is 12.6 Å². The monoisotopic (exact) mass is 333 g/mol. The van der Waals surface area contributed by atoms with Gasteiger partial charge in [0.1, 0.15) is 12.7 Å². The molecule has 1 aliphatic heterocycles. The van der Waals surface area contributed by atoms with Crippen LogP contribution in [0.3, 0.4) is 0 Å². The summed E-state index contributed by atoms with van der Waals surface area (Å²) in [5, 5.41) is 3.41. The Morgan fingerprint density at radius 1 is 1.05 bits per heavy atom. The lowest BCUT2D eigenvalue weighted by atomic mass is 10.2. The van der Waals surface area contributed by atoms with E-state index in [9.17, 15) is 0 Å². The predicted octanol–water partition coefficient (Wildman–Crippen LogP) is 3.38. The van der Waals surface area contributed by atoms with Crippen LogP contribution in [0.25, 0.3) is 0 Å². The van der Waals surface area contributed by atoms with E-state index in [-0.39, 0.29) is 6.10 Å². The number of ether oxygens (including phenoxy) is 2. The average molecular weight is 334 g/mol. The Hall–Kier alpha value is -1.52. The molecule has 1 atom stereocenters. The largest absolute Gasteiger partial charge is 0.486 e. The normalized spacial score (nSPS) is 16.9. The topological polar surface area (TPSA) is 30.5 Å². The van der Waals surface area contributed by atoms with Crippen molar-refractivity contribution in [3.05, 3.63) is 58.6 Å². The van der Waals surface area contributed by atoms with Crippen molar-refractivity contribution >= 4 is 15.9 Å². The molecule has 0 unspecified atom stereocenters. The van der Waals surface area contributed by atoms with Crippen molar-refractivity contribution < 1.29 is 9.47 Å². The Kier molecular flexibility index (Phi) is 4.23. The molecule has 2 aromatic rings. The van der Waals surface area contributed by atoms with Crippen LogP contribution in [-0.4, -0.2) is 19.3 Å². The first kappa shape index (κ1) is 13.5. The molecular weight excluding hydrogens is 318 g/mol. The lowest BCUT2D eigenvalue weighted by Gasteiger charge is -2.26. The lowest BCUT2D eigenvalue weighted by Crippen LogP contribution is -2.38. The second kappa shape index (κ2) is 6.29. The zero-order chi connectivity index (χ0) is 13.8. The third-order valence-electron chi connectivity index (χ3n) is 3.21. The molecule has 0 saturated heterocycles. The average Bonchev–Trinajstić information content (AvgIpc) is 2.49. The molecule has 0 saturated carbocycles. The molecule has 0 fully saturated rings. The molecule has 104 valence electrons. The first-order valence-electron chi connectivity index (χ1n) is 6.65. The van der Waals surface area contributed by atoms with Crippen LogP contribution in [-0.2, 0) is 6.54 Å². The zero-order valence-corrected chi connectivity index (χ0v) is 12.6. The SMILES string of the molecule is Brc1ccccc1CNC[C@H]1COc2ccccc2O1. The molecule has 0 spiro atoms. The van der Waals surface area contributed by atoms with Crippen LogP contribution >= 0.6 is 15.9 Å². The van der Waals surface area contributed by atoms with Crippen molar-refractivity contribution in [2.75, 3.05) is 13.2 Å². The van der Waals surface area contributed by atoms with E-state index in [1.165, 1.54) is 5.56 Å². The van der Waals surface area contributed by atoms with Gasteiger partial charge < -0.3 is 14.8 Å². The molecule has 3 nitrogen and oxygen atoms in total. The highest BCUT2D eigenvalue weighted by Gasteiger charge is 2.19. The molecule has 4 heteroatoms. The number of para-hydroxylation sites is 2. The van der Waals surface area contributed by atoms with Gasteiger partial charge in [-0.3, -0.25) is 0 Å². The van der Waals surface area contributed by atoms with Gasteiger partial charge in [0.25, 0.3) is 0 Å². The fourth-order valence-electron chi connectivity index (χ4n) is 2.17. The van der Waals surface area contributed by atoms with E-state index in [1.807, 2.05) is 42.5 Å². The minimum Gasteiger partial charge on any atom is -0.486 e. The predicted molar refractivity (Wildman–Crippen MR) is 82.2 cm³/mol. The lowest BCUT2D eigenvalue weighted by molar-refractivity contribution is 0.0902. The van der Waals surface area contributed by atoms with Crippen molar-refractivity contribution in [3.8, 4) is 11.5 Å².